The van der Waals surface area contributed by atoms with E-state index in [0.717, 1.165) is 12.2 Å². The summed E-state index contributed by atoms with van der Waals surface area (Å²) in [6.45, 7) is 6.71. The molecule has 0 aromatic heterocycles. The molecule has 0 unspecified atom stereocenters. The fourth-order valence-corrected chi connectivity index (χ4v) is 1.88. The van der Waals surface area contributed by atoms with Gasteiger partial charge < -0.3 is 4.74 Å². The van der Waals surface area contributed by atoms with Gasteiger partial charge in [-0.05, 0) is 29.5 Å². The fourth-order valence-electron chi connectivity index (χ4n) is 1.88. The van der Waals surface area contributed by atoms with Gasteiger partial charge in [0.05, 0.1) is 6.26 Å². The maximum atomic E-state index is 5.48. The van der Waals surface area contributed by atoms with E-state index in [9.17, 15) is 0 Å². The van der Waals surface area contributed by atoms with Crippen LogP contribution in [-0.2, 0) is 11.8 Å². The molecule has 14 heavy (non-hydrogen) atoms. The summed E-state index contributed by atoms with van der Waals surface area (Å²) in [6.07, 6.45) is 4.83. The molecule has 1 aliphatic heterocycles. The van der Waals surface area contributed by atoms with E-state index >= 15 is 0 Å². The van der Waals surface area contributed by atoms with Crippen LogP contribution >= 0.6 is 0 Å². The Morgan fingerprint density at radius 1 is 1.21 bits per heavy atom. The van der Waals surface area contributed by atoms with E-state index in [1.165, 1.54) is 11.1 Å². The predicted octanol–water partition coefficient (Wildman–Crippen LogP) is 3.43. The number of allylic oxidation sites excluding steroid dienone is 1. The molecule has 0 saturated heterocycles. The molecule has 0 bridgehead atoms. The summed E-state index contributed by atoms with van der Waals surface area (Å²) in [5.74, 6) is 1.01. The van der Waals surface area contributed by atoms with Crippen LogP contribution in [0.5, 0.6) is 5.75 Å². The van der Waals surface area contributed by atoms with Crippen molar-refractivity contribution in [2.45, 2.75) is 32.6 Å². The molecular formula is C13H16O. The first-order valence-corrected chi connectivity index (χ1v) is 5.03. The van der Waals surface area contributed by atoms with Crippen molar-refractivity contribution in [3.05, 3.63) is 41.7 Å². The summed E-state index contributed by atoms with van der Waals surface area (Å²) in [4.78, 5) is 0. The van der Waals surface area contributed by atoms with Crippen LogP contribution in [0.2, 0.25) is 0 Å². The van der Waals surface area contributed by atoms with Crippen molar-refractivity contribution in [1.29, 1.82) is 0 Å². The summed E-state index contributed by atoms with van der Waals surface area (Å²) >= 11 is 0. The first-order valence-electron chi connectivity index (χ1n) is 5.03. The number of hydrogen-bond donors (Lipinski definition) is 0. The number of fused-ring (bicyclic) bond motifs is 1. The van der Waals surface area contributed by atoms with Crippen molar-refractivity contribution in [2.24, 2.45) is 0 Å². The van der Waals surface area contributed by atoms with E-state index in [2.05, 4.69) is 39.0 Å². The largest absolute Gasteiger partial charge is 0.465 e. The Labute approximate surface area is 85.4 Å². The Morgan fingerprint density at radius 2 is 2.00 bits per heavy atom. The van der Waals surface area contributed by atoms with Gasteiger partial charge in [-0.3, -0.25) is 0 Å². The van der Waals surface area contributed by atoms with E-state index < -0.39 is 0 Å². The molecule has 1 nitrogen and oxygen atoms in total. The second-order valence-corrected chi connectivity index (χ2v) is 4.73. The molecule has 0 fully saturated rings. The van der Waals surface area contributed by atoms with Crippen molar-refractivity contribution >= 4 is 0 Å². The van der Waals surface area contributed by atoms with E-state index in [1.807, 2.05) is 6.07 Å². The van der Waals surface area contributed by atoms with Crippen molar-refractivity contribution in [2.75, 3.05) is 0 Å². The third-order valence-corrected chi connectivity index (χ3v) is 2.55. The molecule has 1 aromatic rings. The van der Waals surface area contributed by atoms with Crippen LogP contribution < -0.4 is 4.74 Å². The third-order valence-electron chi connectivity index (χ3n) is 2.55. The van der Waals surface area contributed by atoms with Crippen LogP contribution in [0.3, 0.4) is 0 Å². The Kier molecular flexibility index (Phi) is 2.10. The smallest absolute Gasteiger partial charge is 0.130 e. The fraction of sp³-hybridized carbons (Fsp3) is 0.385. The van der Waals surface area contributed by atoms with E-state index in [1.54, 1.807) is 6.26 Å². The Hall–Kier alpha value is -1.24. The van der Waals surface area contributed by atoms with Gasteiger partial charge in [-0.15, -0.1) is 0 Å². The maximum Gasteiger partial charge on any atom is 0.130 e. The summed E-state index contributed by atoms with van der Waals surface area (Å²) in [5, 5.41) is 0. The lowest BCUT2D eigenvalue weighted by atomic mass is 9.82. The number of hydrogen-bond acceptors (Lipinski definition) is 1. The van der Waals surface area contributed by atoms with Gasteiger partial charge in [0.15, 0.2) is 0 Å². The van der Waals surface area contributed by atoms with Gasteiger partial charge in [-0.2, -0.15) is 0 Å². The Balaban J connectivity index is 2.54. The minimum absolute atomic E-state index is 0.194. The van der Waals surface area contributed by atoms with Crippen molar-refractivity contribution in [3.8, 4) is 5.75 Å². The zero-order valence-electron chi connectivity index (χ0n) is 9.00. The molecule has 1 heteroatoms. The van der Waals surface area contributed by atoms with Gasteiger partial charge in [0, 0.05) is 5.56 Å². The quantitative estimate of drug-likeness (QED) is 0.606. The van der Waals surface area contributed by atoms with Gasteiger partial charge in [0.2, 0.25) is 0 Å². The predicted molar refractivity (Wildman–Crippen MR) is 58.6 cm³/mol. The highest BCUT2D eigenvalue weighted by Gasteiger charge is 2.20. The zero-order chi connectivity index (χ0) is 10.2. The molecule has 0 atom stereocenters. The van der Waals surface area contributed by atoms with Crippen LogP contribution in [0.25, 0.3) is 0 Å². The highest BCUT2D eigenvalue weighted by molar-refractivity contribution is 5.46. The lowest BCUT2D eigenvalue weighted by molar-refractivity contribution is 0.458. The number of ether oxygens (including phenoxy) is 1. The Morgan fingerprint density at radius 3 is 2.71 bits per heavy atom. The van der Waals surface area contributed by atoms with E-state index in [-0.39, 0.29) is 5.41 Å². The SMILES string of the molecule is CC(C)(C)c1cccc2c1CC=CO2. The van der Waals surface area contributed by atoms with Crippen LogP contribution in [0.4, 0.5) is 0 Å². The average molecular weight is 188 g/mol. The summed E-state index contributed by atoms with van der Waals surface area (Å²) in [5.41, 5.74) is 2.92. The Bertz CT molecular complexity index is 369. The van der Waals surface area contributed by atoms with Gasteiger partial charge in [0.1, 0.15) is 5.75 Å². The van der Waals surface area contributed by atoms with Gasteiger partial charge in [-0.25, -0.2) is 0 Å². The molecule has 0 aliphatic carbocycles. The highest BCUT2D eigenvalue weighted by Crippen LogP contribution is 2.33. The van der Waals surface area contributed by atoms with E-state index in [0.29, 0.717) is 0 Å². The molecule has 0 saturated carbocycles. The first kappa shape index (κ1) is 9.32. The summed E-state index contributed by atoms with van der Waals surface area (Å²) in [6, 6.07) is 6.30. The molecule has 2 rings (SSSR count). The van der Waals surface area contributed by atoms with Crippen molar-refractivity contribution < 1.29 is 4.74 Å². The minimum Gasteiger partial charge on any atom is -0.465 e. The highest BCUT2D eigenvalue weighted by atomic mass is 16.5. The summed E-state index contributed by atoms with van der Waals surface area (Å²) < 4.78 is 5.48. The molecule has 1 heterocycles. The van der Waals surface area contributed by atoms with Crippen LogP contribution in [0.15, 0.2) is 30.5 Å². The van der Waals surface area contributed by atoms with Crippen molar-refractivity contribution in [3.63, 3.8) is 0 Å². The number of benzene rings is 1. The molecular weight excluding hydrogens is 172 g/mol. The van der Waals surface area contributed by atoms with Gasteiger partial charge >= 0.3 is 0 Å². The minimum atomic E-state index is 0.194. The standard InChI is InChI=1S/C13H16O/c1-13(2,3)11-7-4-8-12-10(11)6-5-9-14-12/h4-5,7-9H,6H2,1-3H3. The van der Waals surface area contributed by atoms with Crippen LogP contribution in [-0.4, -0.2) is 0 Å². The molecule has 0 amide bonds. The molecule has 74 valence electrons. The molecule has 0 radical (unpaired) electrons. The van der Waals surface area contributed by atoms with E-state index in [4.69, 9.17) is 4.74 Å². The average Bonchev–Trinajstić information content (AvgIpc) is 2.15. The van der Waals surface area contributed by atoms with Crippen molar-refractivity contribution in [1.82, 2.24) is 0 Å². The zero-order valence-corrected chi connectivity index (χ0v) is 9.00. The van der Waals surface area contributed by atoms with Gasteiger partial charge in [-0.1, -0.05) is 32.9 Å². The van der Waals surface area contributed by atoms with Crippen LogP contribution in [0, 0.1) is 0 Å². The van der Waals surface area contributed by atoms with Crippen LogP contribution in [0.1, 0.15) is 31.9 Å². The molecule has 1 aliphatic rings. The summed E-state index contributed by atoms with van der Waals surface area (Å²) in [7, 11) is 0. The second-order valence-electron chi connectivity index (χ2n) is 4.73. The third kappa shape index (κ3) is 1.54. The normalized spacial score (nSPS) is 14.8. The monoisotopic (exact) mass is 188 g/mol. The first-order chi connectivity index (χ1) is 6.59. The lowest BCUT2D eigenvalue weighted by Gasteiger charge is -2.25. The molecule has 1 aromatic carbocycles. The second kappa shape index (κ2) is 3.16. The lowest BCUT2D eigenvalue weighted by Crippen LogP contribution is -2.15. The maximum absolute atomic E-state index is 5.48. The topological polar surface area (TPSA) is 9.23 Å². The number of rotatable bonds is 0. The van der Waals surface area contributed by atoms with Gasteiger partial charge in [0.25, 0.3) is 0 Å². The molecule has 0 N–H and O–H groups in total. The molecule has 0 spiro atoms.